The minimum Gasteiger partial charge on any atom is -0.323 e. The van der Waals surface area contributed by atoms with Crippen LogP contribution in [0.1, 0.15) is 23.3 Å². The Kier molecular flexibility index (Phi) is 1.66. The van der Waals surface area contributed by atoms with Crippen LogP contribution in [0.5, 0.6) is 0 Å². The zero-order valence-corrected chi connectivity index (χ0v) is 7.03. The Morgan fingerprint density at radius 3 is 3.18 bits per heavy atom. The van der Waals surface area contributed by atoms with Gasteiger partial charge in [0.05, 0.1) is 5.71 Å². The first-order valence-corrected chi connectivity index (χ1v) is 4.63. The van der Waals surface area contributed by atoms with E-state index in [-0.39, 0.29) is 0 Å². The molecule has 1 heterocycles. The third-order valence-corrected chi connectivity index (χ3v) is 3.01. The molecule has 2 rings (SSSR count). The topological polar surface area (TPSA) is 38.4 Å². The van der Waals surface area contributed by atoms with Gasteiger partial charge in [0.2, 0.25) is 0 Å². The SMILES string of the molecule is N/N=C1/CCCc2sccc21. The van der Waals surface area contributed by atoms with Crippen molar-refractivity contribution in [1.29, 1.82) is 0 Å². The predicted molar refractivity (Wildman–Crippen MR) is 48.0 cm³/mol. The molecule has 0 aliphatic heterocycles. The minimum absolute atomic E-state index is 1.04. The van der Waals surface area contributed by atoms with E-state index in [4.69, 9.17) is 5.84 Å². The van der Waals surface area contributed by atoms with Gasteiger partial charge in [0, 0.05) is 10.4 Å². The van der Waals surface area contributed by atoms with Crippen LogP contribution in [0.4, 0.5) is 0 Å². The Morgan fingerprint density at radius 1 is 1.45 bits per heavy atom. The van der Waals surface area contributed by atoms with Gasteiger partial charge in [0.1, 0.15) is 0 Å². The molecule has 0 fully saturated rings. The second-order valence-electron chi connectivity index (χ2n) is 2.69. The molecule has 1 aliphatic rings. The van der Waals surface area contributed by atoms with Crippen LogP contribution in [0.2, 0.25) is 0 Å². The number of aryl methyl sites for hydroxylation is 1. The standard InChI is InChI=1S/C8H10N2S/c9-10-7-2-1-3-8-6(7)4-5-11-8/h4-5H,1-3,9H2/b10-7-. The molecule has 0 saturated carbocycles. The Hall–Kier alpha value is -0.830. The molecule has 0 bridgehead atoms. The van der Waals surface area contributed by atoms with Gasteiger partial charge in [-0.25, -0.2) is 0 Å². The number of nitrogens with two attached hydrogens (primary N) is 1. The molecule has 0 saturated heterocycles. The van der Waals surface area contributed by atoms with Crippen molar-refractivity contribution in [2.24, 2.45) is 10.9 Å². The van der Waals surface area contributed by atoms with Gasteiger partial charge < -0.3 is 5.84 Å². The van der Waals surface area contributed by atoms with Crippen molar-refractivity contribution in [2.75, 3.05) is 0 Å². The lowest BCUT2D eigenvalue weighted by Crippen LogP contribution is -2.10. The Bertz CT molecular complexity index is 288. The average molecular weight is 166 g/mol. The third kappa shape index (κ3) is 1.05. The van der Waals surface area contributed by atoms with Crippen LogP contribution in [-0.2, 0) is 6.42 Å². The quantitative estimate of drug-likeness (QED) is 0.463. The Balaban J connectivity index is 2.48. The monoisotopic (exact) mass is 166 g/mol. The van der Waals surface area contributed by atoms with Crippen molar-refractivity contribution in [3.63, 3.8) is 0 Å². The average Bonchev–Trinajstić information content (AvgIpc) is 2.50. The fourth-order valence-corrected chi connectivity index (χ4v) is 2.42. The highest BCUT2D eigenvalue weighted by Crippen LogP contribution is 2.25. The van der Waals surface area contributed by atoms with Gasteiger partial charge in [-0.3, -0.25) is 0 Å². The van der Waals surface area contributed by atoms with E-state index in [9.17, 15) is 0 Å². The van der Waals surface area contributed by atoms with Gasteiger partial charge in [0.25, 0.3) is 0 Å². The summed E-state index contributed by atoms with van der Waals surface area (Å²) in [6.45, 7) is 0. The number of thiophene rings is 1. The summed E-state index contributed by atoms with van der Waals surface area (Å²) >= 11 is 1.81. The smallest absolute Gasteiger partial charge is 0.0684 e. The van der Waals surface area contributed by atoms with Crippen molar-refractivity contribution >= 4 is 17.0 Å². The zero-order chi connectivity index (χ0) is 7.68. The van der Waals surface area contributed by atoms with Crippen LogP contribution in [0.25, 0.3) is 0 Å². The fourth-order valence-electron chi connectivity index (χ4n) is 1.48. The molecule has 2 nitrogen and oxygen atoms in total. The molecule has 0 spiro atoms. The van der Waals surface area contributed by atoms with E-state index in [1.807, 2.05) is 11.3 Å². The van der Waals surface area contributed by atoms with E-state index < -0.39 is 0 Å². The molecular weight excluding hydrogens is 156 g/mol. The highest BCUT2D eigenvalue weighted by molar-refractivity contribution is 7.10. The maximum atomic E-state index is 5.27. The molecule has 0 radical (unpaired) electrons. The van der Waals surface area contributed by atoms with E-state index in [1.165, 1.54) is 23.3 Å². The summed E-state index contributed by atoms with van der Waals surface area (Å²) < 4.78 is 0. The number of hydrogen-bond donors (Lipinski definition) is 1. The molecule has 0 atom stereocenters. The van der Waals surface area contributed by atoms with Crippen LogP contribution < -0.4 is 5.84 Å². The molecule has 0 unspecified atom stereocenters. The van der Waals surface area contributed by atoms with Crippen molar-refractivity contribution < 1.29 is 0 Å². The zero-order valence-electron chi connectivity index (χ0n) is 6.21. The van der Waals surface area contributed by atoms with Crippen LogP contribution in [0, 0.1) is 0 Å². The first kappa shape index (κ1) is 6.85. The van der Waals surface area contributed by atoms with E-state index in [0.29, 0.717) is 0 Å². The lowest BCUT2D eigenvalue weighted by atomic mass is 9.97. The van der Waals surface area contributed by atoms with Gasteiger partial charge >= 0.3 is 0 Å². The molecule has 0 amide bonds. The minimum atomic E-state index is 1.04. The van der Waals surface area contributed by atoms with E-state index >= 15 is 0 Å². The third-order valence-electron chi connectivity index (χ3n) is 2.03. The van der Waals surface area contributed by atoms with Crippen LogP contribution >= 0.6 is 11.3 Å². The summed E-state index contributed by atoms with van der Waals surface area (Å²) in [7, 11) is 0. The molecule has 0 aromatic carbocycles. The van der Waals surface area contributed by atoms with Crippen molar-refractivity contribution in [2.45, 2.75) is 19.3 Å². The second-order valence-corrected chi connectivity index (χ2v) is 3.69. The largest absolute Gasteiger partial charge is 0.323 e. The van der Waals surface area contributed by atoms with Gasteiger partial charge in [-0.2, -0.15) is 5.10 Å². The second kappa shape index (κ2) is 2.66. The highest BCUT2D eigenvalue weighted by atomic mass is 32.1. The maximum Gasteiger partial charge on any atom is 0.0684 e. The Morgan fingerprint density at radius 2 is 2.36 bits per heavy atom. The van der Waals surface area contributed by atoms with Gasteiger partial charge in [0.15, 0.2) is 0 Å². The first-order valence-electron chi connectivity index (χ1n) is 3.75. The van der Waals surface area contributed by atoms with Gasteiger partial charge in [-0.15, -0.1) is 11.3 Å². The van der Waals surface area contributed by atoms with Gasteiger partial charge in [-0.1, -0.05) is 0 Å². The summed E-state index contributed by atoms with van der Waals surface area (Å²) in [5.41, 5.74) is 2.36. The summed E-state index contributed by atoms with van der Waals surface area (Å²) in [6.07, 6.45) is 3.44. The first-order chi connectivity index (χ1) is 5.42. The molecule has 2 N–H and O–H groups in total. The molecule has 1 aromatic heterocycles. The van der Waals surface area contributed by atoms with E-state index in [1.54, 1.807) is 0 Å². The van der Waals surface area contributed by atoms with Gasteiger partial charge in [-0.05, 0) is 30.7 Å². The number of nitrogens with zero attached hydrogens (tertiary/aromatic N) is 1. The maximum absolute atomic E-state index is 5.27. The molecule has 1 aromatic rings. The van der Waals surface area contributed by atoms with Crippen LogP contribution in [-0.4, -0.2) is 5.71 Å². The number of rotatable bonds is 0. The van der Waals surface area contributed by atoms with E-state index in [2.05, 4.69) is 16.5 Å². The van der Waals surface area contributed by atoms with Crippen LogP contribution in [0.15, 0.2) is 16.5 Å². The van der Waals surface area contributed by atoms with Crippen LogP contribution in [0.3, 0.4) is 0 Å². The lowest BCUT2D eigenvalue weighted by Gasteiger charge is -2.11. The molecule has 3 heteroatoms. The predicted octanol–water partition coefficient (Wildman–Crippen LogP) is 1.75. The summed E-state index contributed by atoms with van der Waals surface area (Å²) in [5.74, 6) is 5.27. The molecule has 11 heavy (non-hydrogen) atoms. The normalized spacial score (nSPS) is 20.2. The van der Waals surface area contributed by atoms with Crippen molar-refractivity contribution in [3.8, 4) is 0 Å². The fraction of sp³-hybridized carbons (Fsp3) is 0.375. The highest BCUT2D eigenvalue weighted by Gasteiger charge is 2.15. The summed E-state index contributed by atoms with van der Waals surface area (Å²) in [6, 6.07) is 2.12. The molecule has 1 aliphatic carbocycles. The van der Waals surface area contributed by atoms with Crippen molar-refractivity contribution in [1.82, 2.24) is 0 Å². The molecular formula is C8H10N2S. The summed E-state index contributed by atoms with van der Waals surface area (Å²) in [4.78, 5) is 1.44. The number of hydrogen-bond acceptors (Lipinski definition) is 3. The Labute approximate surface area is 69.7 Å². The lowest BCUT2D eigenvalue weighted by molar-refractivity contribution is 0.850. The summed E-state index contributed by atoms with van der Waals surface area (Å²) in [5, 5.41) is 5.90. The van der Waals surface area contributed by atoms with E-state index in [0.717, 1.165) is 12.1 Å². The number of hydrazone groups is 1. The van der Waals surface area contributed by atoms with Crippen molar-refractivity contribution in [3.05, 3.63) is 21.9 Å². The number of fused-ring (bicyclic) bond motifs is 1. The molecule has 58 valence electrons.